The number of carbonyl (C=O) groups is 1. The first-order chi connectivity index (χ1) is 11.4. The number of hydrogen-bond acceptors (Lipinski definition) is 4. The summed E-state index contributed by atoms with van der Waals surface area (Å²) in [6.07, 6.45) is -4.48. The monoisotopic (exact) mass is 340 g/mol. The lowest BCUT2D eigenvalue weighted by Crippen LogP contribution is -2.25. The Morgan fingerprint density at radius 2 is 1.83 bits per heavy atom. The van der Waals surface area contributed by atoms with Crippen molar-refractivity contribution in [1.29, 1.82) is 0 Å². The van der Waals surface area contributed by atoms with Gasteiger partial charge in [0.25, 0.3) is 5.91 Å². The maximum absolute atomic E-state index is 12.1. The number of aromatic nitrogens is 1. The summed E-state index contributed by atoms with van der Waals surface area (Å²) < 4.78 is 40.9. The maximum atomic E-state index is 12.1. The summed E-state index contributed by atoms with van der Waals surface area (Å²) in [5.41, 5.74) is 1.35. The molecule has 1 amide bonds. The molecule has 128 valence electrons. The molecule has 2 N–H and O–H groups in total. The minimum atomic E-state index is -4.48. The summed E-state index contributed by atoms with van der Waals surface area (Å²) in [6.45, 7) is -1.48. The van der Waals surface area contributed by atoms with Crippen LogP contribution in [-0.4, -0.2) is 28.8 Å². The standard InChI is InChI=1S/C16H15F3N2O3/c17-16(18,19)10-24-14-7-3-6-13(21-14)15(23)20-8-11-4-1-2-5-12(11)9-22/h1-7,22H,8-10H2,(H,20,23). The molecule has 0 aliphatic carbocycles. The number of nitrogens with one attached hydrogen (secondary N) is 1. The van der Waals surface area contributed by atoms with E-state index in [0.29, 0.717) is 5.56 Å². The molecule has 1 aromatic heterocycles. The smallest absolute Gasteiger partial charge is 0.422 e. The molecule has 2 aromatic rings. The highest BCUT2D eigenvalue weighted by molar-refractivity contribution is 5.92. The number of carbonyl (C=O) groups excluding carboxylic acids is 1. The fourth-order valence-corrected chi connectivity index (χ4v) is 1.93. The molecule has 0 unspecified atom stereocenters. The van der Waals surface area contributed by atoms with Crippen LogP contribution in [0.1, 0.15) is 21.6 Å². The maximum Gasteiger partial charge on any atom is 0.422 e. The topological polar surface area (TPSA) is 71.5 Å². The SMILES string of the molecule is O=C(NCc1ccccc1CO)c1cccc(OCC(F)(F)F)n1. The van der Waals surface area contributed by atoms with E-state index in [2.05, 4.69) is 15.0 Å². The number of alkyl halides is 3. The van der Waals surface area contributed by atoms with Crippen LogP contribution in [0, 0.1) is 0 Å². The van der Waals surface area contributed by atoms with E-state index in [-0.39, 0.29) is 24.7 Å². The molecule has 0 atom stereocenters. The van der Waals surface area contributed by atoms with Crippen molar-refractivity contribution >= 4 is 5.91 Å². The van der Waals surface area contributed by atoms with Crippen LogP contribution in [-0.2, 0) is 13.2 Å². The number of halogens is 3. The van der Waals surface area contributed by atoms with Crippen LogP contribution in [0.15, 0.2) is 42.5 Å². The Labute approximate surface area is 136 Å². The second-order valence-corrected chi connectivity index (χ2v) is 4.87. The molecule has 0 aliphatic heterocycles. The molecule has 0 spiro atoms. The second kappa shape index (κ2) is 7.78. The lowest BCUT2D eigenvalue weighted by molar-refractivity contribution is -0.154. The van der Waals surface area contributed by atoms with E-state index in [4.69, 9.17) is 0 Å². The number of nitrogens with zero attached hydrogens (tertiary/aromatic N) is 1. The fourth-order valence-electron chi connectivity index (χ4n) is 1.93. The number of benzene rings is 1. The van der Waals surface area contributed by atoms with Crippen molar-refractivity contribution in [2.24, 2.45) is 0 Å². The average molecular weight is 340 g/mol. The molecular formula is C16H15F3N2O3. The summed E-state index contributed by atoms with van der Waals surface area (Å²) in [5, 5.41) is 11.8. The van der Waals surface area contributed by atoms with Crippen molar-refractivity contribution in [2.75, 3.05) is 6.61 Å². The van der Waals surface area contributed by atoms with Crippen molar-refractivity contribution in [3.05, 3.63) is 59.3 Å². The molecule has 5 nitrogen and oxygen atoms in total. The Morgan fingerprint density at radius 1 is 1.12 bits per heavy atom. The number of amides is 1. The summed E-state index contributed by atoms with van der Waals surface area (Å²) in [7, 11) is 0. The summed E-state index contributed by atoms with van der Waals surface area (Å²) in [4.78, 5) is 15.8. The van der Waals surface area contributed by atoms with Crippen LogP contribution in [0.3, 0.4) is 0 Å². The molecule has 24 heavy (non-hydrogen) atoms. The van der Waals surface area contributed by atoms with Gasteiger partial charge < -0.3 is 15.2 Å². The molecule has 1 aromatic carbocycles. The van der Waals surface area contributed by atoms with Gasteiger partial charge in [-0.15, -0.1) is 0 Å². The molecule has 0 radical (unpaired) electrons. The third kappa shape index (κ3) is 5.24. The van der Waals surface area contributed by atoms with Crippen molar-refractivity contribution in [1.82, 2.24) is 10.3 Å². The number of aliphatic hydroxyl groups excluding tert-OH is 1. The van der Waals surface area contributed by atoms with Gasteiger partial charge >= 0.3 is 6.18 Å². The Bertz CT molecular complexity index is 705. The molecule has 1 heterocycles. The Hall–Kier alpha value is -2.61. The van der Waals surface area contributed by atoms with E-state index in [1.807, 2.05) is 0 Å². The van der Waals surface area contributed by atoms with Crippen molar-refractivity contribution in [3.63, 3.8) is 0 Å². The van der Waals surface area contributed by atoms with Gasteiger partial charge in [-0.2, -0.15) is 13.2 Å². The first kappa shape index (κ1) is 17.7. The van der Waals surface area contributed by atoms with Crippen LogP contribution in [0.4, 0.5) is 13.2 Å². The highest BCUT2D eigenvalue weighted by atomic mass is 19.4. The molecule has 2 rings (SSSR count). The summed E-state index contributed by atoms with van der Waals surface area (Å²) in [6, 6.07) is 11.0. The van der Waals surface area contributed by atoms with E-state index in [1.165, 1.54) is 18.2 Å². The minimum absolute atomic E-state index is 0.0591. The first-order valence-electron chi connectivity index (χ1n) is 7.01. The zero-order valence-corrected chi connectivity index (χ0v) is 12.5. The molecule has 8 heteroatoms. The van der Waals surface area contributed by atoms with E-state index >= 15 is 0 Å². The predicted octanol–water partition coefficient (Wildman–Crippen LogP) is 2.45. The molecule has 0 aliphatic rings. The van der Waals surface area contributed by atoms with E-state index < -0.39 is 18.7 Å². The first-order valence-corrected chi connectivity index (χ1v) is 7.01. The van der Waals surface area contributed by atoms with Crippen LogP contribution in [0.5, 0.6) is 5.88 Å². The quantitative estimate of drug-likeness (QED) is 0.847. The zero-order chi connectivity index (χ0) is 17.6. The van der Waals surface area contributed by atoms with Gasteiger partial charge in [-0.25, -0.2) is 4.98 Å². The molecule has 0 saturated carbocycles. The number of aliphatic hydroxyl groups is 1. The lowest BCUT2D eigenvalue weighted by Gasteiger charge is -2.10. The van der Waals surface area contributed by atoms with Crippen LogP contribution in [0.2, 0.25) is 0 Å². The number of hydrogen-bond donors (Lipinski definition) is 2. The van der Waals surface area contributed by atoms with Gasteiger partial charge in [-0.1, -0.05) is 30.3 Å². The third-order valence-electron chi connectivity index (χ3n) is 3.07. The van der Waals surface area contributed by atoms with E-state index in [0.717, 1.165) is 5.56 Å². The highest BCUT2D eigenvalue weighted by Crippen LogP contribution is 2.17. The normalized spacial score (nSPS) is 11.2. The number of ether oxygens (including phenoxy) is 1. The van der Waals surface area contributed by atoms with Crippen molar-refractivity contribution in [3.8, 4) is 5.88 Å². The highest BCUT2D eigenvalue weighted by Gasteiger charge is 2.28. The minimum Gasteiger partial charge on any atom is -0.468 e. The Morgan fingerprint density at radius 3 is 2.50 bits per heavy atom. The largest absolute Gasteiger partial charge is 0.468 e. The number of pyridine rings is 1. The third-order valence-corrected chi connectivity index (χ3v) is 3.07. The fraction of sp³-hybridized carbons (Fsp3) is 0.250. The Kier molecular flexibility index (Phi) is 5.75. The van der Waals surface area contributed by atoms with Gasteiger partial charge in [0.2, 0.25) is 5.88 Å². The molecule has 0 bridgehead atoms. The van der Waals surface area contributed by atoms with Crippen molar-refractivity contribution < 1.29 is 27.8 Å². The molecular weight excluding hydrogens is 325 g/mol. The number of rotatable bonds is 6. The second-order valence-electron chi connectivity index (χ2n) is 4.87. The lowest BCUT2D eigenvalue weighted by atomic mass is 10.1. The van der Waals surface area contributed by atoms with Gasteiger partial charge in [-0.05, 0) is 17.2 Å². The van der Waals surface area contributed by atoms with Crippen LogP contribution < -0.4 is 10.1 Å². The van der Waals surface area contributed by atoms with Crippen LogP contribution in [0.25, 0.3) is 0 Å². The average Bonchev–Trinajstić information content (AvgIpc) is 2.57. The van der Waals surface area contributed by atoms with Crippen molar-refractivity contribution in [2.45, 2.75) is 19.3 Å². The van der Waals surface area contributed by atoms with Gasteiger partial charge in [0.05, 0.1) is 6.61 Å². The van der Waals surface area contributed by atoms with Gasteiger partial charge in [0, 0.05) is 12.6 Å². The molecule has 0 fully saturated rings. The summed E-state index contributed by atoms with van der Waals surface area (Å²) in [5.74, 6) is -0.837. The summed E-state index contributed by atoms with van der Waals surface area (Å²) >= 11 is 0. The van der Waals surface area contributed by atoms with Crippen LogP contribution >= 0.6 is 0 Å². The Balaban J connectivity index is 1.99. The van der Waals surface area contributed by atoms with Gasteiger partial charge in [0.15, 0.2) is 6.61 Å². The predicted molar refractivity (Wildman–Crippen MR) is 79.3 cm³/mol. The van der Waals surface area contributed by atoms with E-state index in [1.54, 1.807) is 24.3 Å². The van der Waals surface area contributed by atoms with Gasteiger partial charge in [0.1, 0.15) is 5.69 Å². The zero-order valence-electron chi connectivity index (χ0n) is 12.5. The molecule has 0 saturated heterocycles. The van der Waals surface area contributed by atoms with E-state index in [9.17, 15) is 23.1 Å². The van der Waals surface area contributed by atoms with Gasteiger partial charge in [-0.3, -0.25) is 4.79 Å².